The van der Waals surface area contributed by atoms with Gasteiger partial charge < -0.3 is 4.74 Å². The largest absolute Gasteiger partial charge is 0.497 e. The molecule has 2 spiro atoms. The highest BCUT2D eigenvalue weighted by molar-refractivity contribution is 5.69. The summed E-state index contributed by atoms with van der Waals surface area (Å²) in [5.41, 5.74) is 3.30. The van der Waals surface area contributed by atoms with Crippen LogP contribution in [0.25, 0.3) is 0 Å². The van der Waals surface area contributed by atoms with Crippen LogP contribution in [-0.2, 0) is 0 Å². The summed E-state index contributed by atoms with van der Waals surface area (Å²) in [5, 5.41) is 0. The molecule has 5 saturated carbocycles. The first kappa shape index (κ1) is 7.32. The lowest BCUT2D eigenvalue weighted by atomic mass is 9.74. The molecule has 5 aliphatic rings. The van der Waals surface area contributed by atoms with Crippen LogP contribution in [0.15, 0.2) is 24.3 Å². The predicted octanol–water partition coefficient (Wildman–Crippen LogP) is 2.82. The maximum atomic E-state index is 5.20. The molecule has 1 heteroatoms. The fourth-order valence-corrected chi connectivity index (χ4v) is 5.51. The van der Waals surface area contributed by atoms with E-state index in [0.717, 1.165) is 34.3 Å². The number of rotatable bonds is 2. The summed E-state index contributed by atoms with van der Waals surface area (Å²) in [6.45, 7) is 0. The molecule has 0 N–H and O–H groups in total. The molecule has 1 aromatic carbocycles. The summed E-state index contributed by atoms with van der Waals surface area (Å²) >= 11 is 0. The Morgan fingerprint density at radius 1 is 1.07 bits per heavy atom. The van der Waals surface area contributed by atoms with Gasteiger partial charge in [-0.1, -0.05) is 12.1 Å². The van der Waals surface area contributed by atoms with Crippen LogP contribution in [-0.4, -0.2) is 7.11 Å². The third-order valence-corrected chi connectivity index (χ3v) is 5.95. The first-order chi connectivity index (χ1) is 7.38. The number of fused-ring (bicyclic) bond motifs is 1. The quantitative estimate of drug-likeness (QED) is 0.710. The molecular weight excluding hydrogens is 184 g/mol. The minimum atomic E-state index is 0.863. The van der Waals surface area contributed by atoms with Crippen LogP contribution in [0.2, 0.25) is 0 Å². The molecule has 2 bridgehead atoms. The van der Waals surface area contributed by atoms with Gasteiger partial charge in [0.2, 0.25) is 0 Å². The van der Waals surface area contributed by atoms with E-state index in [1.54, 1.807) is 12.7 Å². The van der Waals surface area contributed by atoms with Gasteiger partial charge in [0.15, 0.2) is 0 Å². The van der Waals surface area contributed by atoms with Crippen molar-refractivity contribution in [2.24, 2.45) is 22.7 Å². The van der Waals surface area contributed by atoms with Crippen LogP contribution >= 0.6 is 0 Å². The Kier molecular flexibility index (Phi) is 0.842. The third kappa shape index (κ3) is 0.454. The fraction of sp³-hybridized carbons (Fsp3) is 0.571. The molecule has 0 atom stereocenters. The number of methoxy groups -OCH3 is 1. The Balaban J connectivity index is 1.49. The number of benzene rings is 1. The van der Waals surface area contributed by atoms with E-state index in [1.807, 2.05) is 0 Å². The Morgan fingerprint density at radius 3 is 2.20 bits per heavy atom. The highest BCUT2D eigenvalue weighted by atomic mass is 16.5. The van der Waals surface area contributed by atoms with Crippen LogP contribution in [0.1, 0.15) is 24.3 Å². The molecule has 5 fully saturated rings. The fourth-order valence-electron chi connectivity index (χ4n) is 5.51. The van der Waals surface area contributed by atoms with Gasteiger partial charge in [0.25, 0.3) is 0 Å². The monoisotopic (exact) mass is 198 g/mol. The molecule has 1 aromatic rings. The van der Waals surface area contributed by atoms with Crippen molar-refractivity contribution in [1.29, 1.82) is 0 Å². The molecule has 0 unspecified atom stereocenters. The van der Waals surface area contributed by atoms with E-state index in [9.17, 15) is 0 Å². The van der Waals surface area contributed by atoms with Crippen LogP contribution in [0, 0.1) is 22.7 Å². The maximum absolute atomic E-state index is 5.20. The van der Waals surface area contributed by atoms with E-state index < -0.39 is 0 Å². The van der Waals surface area contributed by atoms with Crippen molar-refractivity contribution in [2.75, 3.05) is 7.11 Å². The van der Waals surface area contributed by atoms with Crippen molar-refractivity contribution < 1.29 is 4.74 Å². The van der Waals surface area contributed by atoms with E-state index in [-0.39, 0.29) is 0 Å². The van der Waals surface area contributed by atoms with Crippen molar-refractivity contribution >= 4 is 0 Å². The normalized spacial score (nSPS) is 55.7. The number of hydrogen-bond donors (Lipinski definition) is 0. The molecule has 0 aromatic heterocycles. The molecular formula is C14H14O. The number of ether oxygens (including phenoxy) is 1. The molecule has 76 valence electrons. The van der Waals surface area contributed by atoms with E-state index in [4.69, 9.17) is 4.74 Å². The molecule has 1 nitrogen and oxygen atoms in total. The van der Waals surface area contributed by atoms with Gasteiger partial charge in [-0.05, 0) is 59.1 Å². The lowest BCUT2D eigenvalue weighted by Gasteiger charge is -2.29. The SMILES string of the molecule is COc1ccc(C2C34C5CCC3C524)cc1. The van der Waals surface area contributed by atoms with Crippen molar-refractivity contribution in [2.45, 2.75) is 18.8 Å². The van der Waals surface area contributed by atoms with Crippen LogP contribution in [0.3, 0.4) is 0 Å². The molecule has 0 aliphatic heterocycles. The topological polar surface area (TPSA) is 9.23 Å². The lowest BCUT2D eigenvalue weighted by molar-refractivity contribution is 0.264. The smallest absolute Gasteiger partial charge is 0.118 e. The second kappa shape index (κ2) is 1.73. The van der Waals surface area contributed by atoms with Crippen LogP contribution < -0.4 is 4.74 Å². The van der Waals surface area contributed by atoms with E-state index in [1.165, 1.54) is 12.8 Å². The van der Waals surface area contributed by atoms with Crippen molar-refractivity contribution in [1.82, 2.24) is 0 Å². The molecule has 0 amide bonds. The highest BCUT2D eigenvalue weighted by Gasteiger charge is 3.17. The minimum absolute atomic E-state index is 0.863. The summed E-state index contributed by atoms with van der Waals surface area (Å²) in [6, 6.07) is 8.78. The van der Waals surface area contributed by atoms with E-state index >= 15 is 0 Å². The van der Waals surface area contributed by atoms with Crippen LogP contribution in [0.4, 0.5) is 0 Å². The van der Waals surface area contributed by atoms with Gasteiger partial charge >= 0.3 is 0 Å². The van der Waals surface area contributed by atoms with Gasteiger partial charge in [-0.25, -0.2) is 0 Å². The van der Waals surface area contributed by atoms with Gasteiger partial charge in [-0.2, -0.15) is 0 Å². The summed E-state index contributed by atoms with van der Waals surface area (Å²) in [6.07, 6.45) is 3.08. The predicted molar refractivity (Wildman–Crippen MR) is 56.8 cm³/mol. The van der Waals surface area contributed by atoms with Gasteiger partial charge in [0.05, 0.1) is 7.11 Å². The second-order valence-corrected chi connectivity index (χ2v) is 5.75. The standard InChI is InChI=1S/C14H14O/c1-15-9-4-2-8(3-5-9)12-13-10-6-7-11(13)14(10,12)13/h2-5,10-12H,6-7H2,1H3. The zero-order chi connectivity index (χ0) is 9.84. The zero-order valence-electron chi connectivity index (χ0n) is 8.86. The van der Waals surface area contributed by atoms with Gasteiger partial charge in [-0.3, -0.25) is 0 Å². The second-order valence-electron chi connectivity index (χ2n) is 5.75. The Morgan fingerprint density at radius 2 is 1.67 bits per heavy atom. The average Bonchev–Trinajstić information content (AvgIpc) is 3.15. The van der Waals surface area contributed by atoms with Gasteiger partial charge in [-0.15, -0.1) is 0 Å². The lowest BCUT2D eigenvalue weighted by Crippen LogP contribution is -2.22. The Bertz CT molecular complexity index is 443. The molecule has 6 rings (SSSR count). The number of hydrogen-bond acceptors (Lipinski definition) is 1. The molecule has 0 saturated heterocycles. The Labute approximate surface area is 89.4 Å². The Hall–Kier alpha value is -0.980. The van der Waals surface area contributed by atoms with Crippen LogP contribution in [0.5, 0.6) is 5.75 Å². The molecule has 0 radical (unpaired) electrons. The average molecular weight is 198 g/mol. The molecule has 5 aliphatic carbocycles. The first-order valence-corrected chi connectivity index (χ1v) is 6.02. The van der Waals surface area contributed by atoms with Crippen molar-refractivity contribution in [3.63, 3.8) is 0 Å². The van der Waals surface area contributed by atoms with Crippen molar-refractivity contribution in [3.05, 3.63) is 29.8 Å². The summed E-state index contributed by atoms with van der Waals surface area (Å²) in [5.74, 6) is 4.25. The zero-order valence-corrected chi connectivity index (χ0v) is 8.86. The summed E-state index contributed by atoms with van der Waals surface area (Å²) in [7, 11) is 1.73. The van der Waals surface area contributed by atoms with Gasteiger partial charge in [0, 0.05) is 0 Å². The summed E-state index contributed by atoms with van der Waals surface area (Å²) < 4.78 is 5.20. The van der Waals surface area contributed by atoms with E-state index in [2.05, 4.69) is 24.3 Å². The first-order valence-electron chi connectivity index (χ1n) is 6.02. The van der Waals surface area contributed by atoms with Gasteiger partial charge in [0.1, 0.15) is 5.75 Å². The highest BCUT2D eigenvalue weighted by Crippen LogP contribution is 3.21. The van der Waals surface area contributed by atoms with E-state index in [0.29, 0.717) is 0 Å². The molecule has 15 heavy (non-hydrogen) atoms. The van der Waals surface area contributed by atoms with Crippen molar-refractivity contribution in [3.8, 4) is 5.75 Å². The third-order valence-electron chi connectivity index (χ3n) is 5.95. The molecule has 0 heterocycles. The minimum Gasteiger partial charge on any atom is -0.497 e. The summed E-state index contributed by atoms with van der Waals surface area (Å²) in [4.78, 5) is 0. The maximum Gasteiger partial charge on any atom is 0.118 e.